The molecule has 1 aromatic rings. The van der Waals surface area contributed by atoms with Gasteiger partial charge in [0, 0.05) is 19.1 Å². The van der Waals surface area contributed by atoms with Crippen LogP contribution in [0.2, 0.25) is 0 Å². The Hall–Kier alpha value is -0.610. The highest BCUT2D eigenvalue weighted by molar-refractivity contribution is 9.10. The number of aromatic nitrogens is 1. The van der Waals surface area contributed by atoms with Crippen molar-refractivity contribution in [3.8, 4) is 0 Å². The number of rotatable bonds is 1. The van der Waals surface area contributed by atoms with Crippen molar-refractivity contribution < 1.29 is 0 Å². The monoisotopic (exact) mass is 241 g/mol. The molecule has 1 aliphatic rings. The first-order valence-corrected chi connectivity index (χ1v) is 5.18. The summed E-state index contributed by atoms with van der Waals surface area (Å²) < 4.78 is 0.880. The Morgan fingerprint density at radius 2 is 2.38 bits per heavy atom. The standard InChI is InChI=1S/C9H12BrN3/c10-8-2-1-3-9(12-8)13-5-4-7(11)6-13/h1-3,7H,4-6,11H2/t7-/m1/s1. The number of anilines is 1. The molecule has 3 nitrogen and oxygen atoms in total. The van der Waals surface area contributed by atoms with Gasteiger partial charge in [0.05, 0.1) is 0 Å². The molecule has 0 amide bonds. The molecule has 13 heavy (non-hydrogen) atoms. The van der Waals surface area contributed by atoms with Gasteiger partial charge in [0.1, 0.15) is 10.4 Å². The maximum atomic E-state index is 5.82. The zero-order valence-corrected chi connectivity index (χ0v) is 8.87. The van der Waals surface area contributed by atoms with Crippen LogP contribution >= 0.6 is 15.9 Å². The van der Waals surface area contributed by atoms with E-state index in [4.69, 9.17) is 5.73 Å². The van der Waals surface area contributed by atoms with Crippen LogP contribution in [0.25, 0.3) is 0 Å². The van der Waals surface area contributed by atoms with E-state index in [1.165, 1.54) is 0 Å². The third-order valence-electron chi connectivity index (χ3n) is 2.25. The summed E-state index contributed by atoms with van der Waals surface area (Å²) in [6.45, 7) is 1.94. The Morgan fingerprint density at radius 3 is 3.00 bits per heavy atom. The summed E-state index contributed by atoms with van der Waals surface area (Å²) in [7, 11) is 0. The average molecular weight is 242 g/mol. The van der Waals surface area contributed by atoms with Crippen molar-refractivity contribution in [1.82, 2.24) is 4.98 Å². The molecule has 0 bridgehead atoms. The van der Waals surface area contributed by atoms with E-state index in [-0.39, 0.29) is 0 Å². The third-order valence-corrected chi connectivity index (χ3v) is 2.69. The number of halogens is 1. The predicted octanol–water partition coefficient (Wildman–Crippen LogP) is 1.38. The van der Waals surface area contributed by atoms with Crippen LogP contribution in [0.3, 0.4) is 0 Å². The molecule has 0 aromatic carbocycles. The Balaban J connectivity index is 2.16. The number of nitrogens with zero attached hydrogens (tertiary/aromatic N) is 2. The first kappa shape index (κ1) is 8.97. The fraction of sp³-hybridized carbons (Fsp3) is 0.444. The molecule has 4 heteroatoms. The molecule has 1 fully saturated rings. The van der Waals surface area contributed by atoms with E-state index >= 15 is 0 Å². The van der Waals surface area contributed by atoms with Crippen molar-refractivity contribution in [2.24, 2.45) is 5.73 Å². The predicted molar refractivity (Wildman–Crippen MR) is 56.7 cm³/mol. The third kappa shape index (κ3) is 2.00. The fourth-order valence-electron chi connectivity index (χ4n) is 1.57. The van der Waals surface area contributed by atoms with E-state index in [2.05, 4.69) is 25.8 Å². The van der Waals surface area contributed by atoms with Crippen molar-refractivity contribution in [1.29, 1.82) is 0 Å². The lowest BCUT2D eigenvalue weighted by atomic mass is 10.3. The summed E-state index contributed by atoms with van der Waals surface area (Å²) in [4.78, 5) is 6.59. The lowest BCUT2D eigenvalue weighted by Gasteiger charge is -2.16. The van der Waals surface area contributed by atoms with Crippen LogP contribution in [0.5, 0.6) is 0 Å². The van der Waals surface area contributed by atoms with E-state index in [0.29, 0.717) is 6.04 Å². The summed E-state index contributed by atoms with van der Waals surface area (Å²) in [5.41, 5.74) is 5.82. The average Bonchev–Trinajstić information content (AvgIpc) is 2.52. The molecule has 0 saturated carbocycles. The highest BCUT2D eigenvalue weighted by Crippen LogP contribution is 2.18. The largest absolute Gasteiger partial charge is 0.355 e. The SMILES string of the molecule is N[C@@H]1CCN(c2cccc(Br)n2)C1. The van der Waals surface area contributed by atoms with Crippen LogP contribution in [0.4, 0.5) is 5.82 Å². The van der Waals surface area contributed by atoms with Crippen molar-refractivity contribution in [2.75, 3.05) is 18.0 Å². The minimum atomic E-state index is 0.306. The zero-order chi connectivity index (χ0) is 9.26. The summed E-state index contributed by atoms with van der Waals surface area (Å²) >= 11 is 3.36. The van der Waals surface area contributed by atoms with Crippen molar-refractivity contribution in [3.63, 3.8) is 0 Å². The first-order chi connectivity index (χ1) is 6.25. The molecule has 0 radical (unpaired) electrons. The molecule has 0 unspecified atom stereocenters. The molecular weight excluding hydrogens is 230 g/mol. The van der Waals surface area contributed by atoms with E-state index in [0.717, 1.165) is 29.9 Å². The molecule has 2 rings (SSSR count). The van der Waals surface area contributed by atoms with Crippen molar-refractivity contribution >= 4 is 21.7 Å². The van der Waals surface area contributed by atoms with Gasteiger partial charge < -0.3 is 10.6 Å². The fourth-order valence-corrected chi connectivity index (χ4v) is 1.90. The van der Waals surface area contributed by atoms with Gasteiger partial charge in [-0.1, -0.05) is 6.07 Å². The molecule has 1 aromatic heterocycles. The molecule has 1 atom stereocenters. The normalized spacial score (nSPS) is 22.3. The van der Waals surface area contributed by atoms with Gasteiger partial charge in [-0.25, -0.2) is 4.98 Å². The zero-order valence-electron chi connectivity index (χ0n) is 7.28. The van der Waals surface area contributed by atoms with Gasteiger partial charge in [-0.15, -0.1) is 0 Å². The molecular formula is C9H12BrN3. The van der Waals surface area contributed by atoms with Crippen LogP contribution in [0.1, 0.15) is 6.42 Å². The highest BCUT2D eigenvalue weighted by atomic mass is 79.9. The molecule has 1 aliphatic heterocycles. The second-order valence-electron chi connectivity index (χ2n) is 3.31. The van der Waals surface area contributed by atoms with Gasteiger partial charge in [0.15, 0.2) is 0 Å². The van der Waals surface area contributed by atoms with E-state index < -0.39 is 0 Å². The smallest absolute Gasteiger partial charge is 0.129 e. The minimum absolute atomic E-state index is 0.306. The molecule has 2 heterocycles. The summed E-state index contributed by atoms with van der Waals surface area (Å²) in [6.07, 6.45) is 1.06. The van der Waals surface area contributed by atoms with Crippen LogP contribution in [0.15, 0.2) is 22.8 Å². The van der Waals surface area contributed by atoms with Gasteiger partial charge >= 0.3 is 0 Å². The van der Waals surface area contributed by atoms with Crippen molar-refractivity contribution in [2.45, 2.75) is 12.5 Å². The van der Waals surface area contributed by atoms with Crippen LogP contribution < -0.4 is 10.6 Å². The second-order valence-corrected chi connectivity index (χ2v) is 4.13. The summed E-state index contributed by atoms with van der Waals surface area (Å²) in [6, 6.07) is 6.25. The van der Waals surface area contributed by atoms with E-state index in [1.807, 2.05) is 18.2 Å². The Morgan fingerprint density at radius 1 is 1.54 bits per heavy atom. The topological polar surface area (TPSA) is 42.1 Å². The highest BCUT2D eigenvalue weighted by Gasteiger charge is 2.19. The second kappa shape index (κ2) is 3.64. The minimum Gasteiger partial charge on any atom is -0.355 e. The first-order valence-electron chi connectivity index (χ1n) is 4.39. The molecule has 0 aliphatic carbocycles. The van der Waals surface area contributed by atoms with Gasteiger partial charge in [0.25, 0.3) is 0 Å². The number of nitrogens with two attached hydrogens (primary N) is 1. The maximum Gasteiger partial charge on any atom is 0.129 e. The Bertz CT molecular complexity index is 303. The van der Waals surface area contributed by atoms with Crippen LogP contribution in [-0.2, 0) is 0 Å². The van der Waals surface area contributed by atoms with E-state index in [9.17, 15) is 0 Å². The van der Waals surface area contributed by atoms with E-state index in [1.54, 1.807) is 0 Å². The van der Waals surface area contributed by atoms with Gasteiger partial charge in [-0.2, -0.15) is 0 Å². The summed E-state index contributed by atoms with van der Waals surface area (Å²) in [5, 5.41) is 0. The maximum absolute atomic E-state index is 5.82. The van der Waals surface area contributed by atoms with Gasteiger partial charge in [-0.3, -0.25) is 0 Å². The number of hydrogen-bond acceptors (Lipinski definition) is 3. The number of hydrogen-bond donors (Lipinski definition) is 1. The quantitative estimate of drug-likeness (QED) is 0.756. The molecule has 1 saturated heterocycles. The molecule has 2 N–H and O–H groups in total. The Kier molecular flexibility index (Phi) is 2.51. The van der Waals surface area contributed by atoms with Crippen LogP contribution in [-0.4, -0.2) is 24.1 Å². The van der Waals surface area contributed by atoms with Gasteiger partial charge in [-0.05, 0) is 34.5 Å². The molecule has 70 valence electrons. The van der Waals surface area contributed by atoms with Crippen molar-refractivity contribution in [3.05, 3.63) is 22.8 Å². The van der Waals surface area contributed by atoms with Crippen LogP contribution in [0, 0.1) is 0 Å². The summed E-state index contributed by atoms with van der Waals surface area (Å²) in [5.74, 6) is 1.02. The number of pyridine rings is 1. The lowest BCUT2D eigenvalue weighted by Crippen LogP contribution is -2.26. The lowest BCUT2D eigenvalue weighted by molar-refractivity contribution is 0.751. The Labute approximate surface area is 86.1 Å². The van der Waals surface area contributed by atoms with Gasteiger partial charge in [0.2, 0.25) is 0 Å². The molecule has 0 spiro atoms.